The van der Waals surface area contributed by atoms with E-state index in [1.807, 2.05) is 38.1 Å². The van der Waals surface area contributed by atoms with Crippen LogP contribution in [0.1, 0.15) is 11.1 Å². The van der Waals surface area contributed by atoms with E-state index in [1.165, 1.54) is 0 Å². The largest absolute Gasteiger partial charge is 0.493 e. The lowest BCUT2D eigenvalue weighted by molar-refractivity contribution is -0.118. The molecule has 7 nitrogen and oxygen atoms in total. The smallest absolute Gasteiger partial charge is 0.262 e. The normalized spacial score (nSPS) is 10.8. The Morgan fingerprint density at radius 1 is 0.969 bits per heavy atom. The number of amides is 1. The molecule has 7 heteroatoms. The van der Waals surface area contributed by atoms with Crippen LogP contribution >= 0.6 is 0 Å². The standard InChI is InChI=1S/C25H24N2O5/c1-15-6-5-7-20(16(15)2)31-14-24(28)26-18-9-11-21-19(13-18)27-25(32-21)17-8-10-22(29-3)23(12-17)30-4/h5-13H,14H2,1-4H3,(H,26,28). The minimum atomic E-state index is -0.256. The third-order valence-corrected chi connectivity index (χ3v) is 5.22. The molecule has 1 heterocycles. The maximum atomic E-state index is 12.4. The molecule has 0 aliphatic rings. The third-order valence-electron chi connectivity index (χ3n) is 5.22. The number of benzene rings is 3. The number of methoxy groups -OCH3 is 2. The van der Waals surface area contributed by atoms with Crippen LogP contribution in [0.15, 0.2) is 59.0 Å². The van der Waals surface area contributed by atoms with Gasteiger partial charge in [-0.2, -0.15) is 0 Å². The van der Waals surface area contributed by atoms with Gasteiger partial charge in [-0.25, -0.2) is 4.98 Å². The topological polar surface area (TPSA) is 82.8 Å². The summed E-state index contributed by atoms with van der Waals surface area (Å²) >= 11 is 0. The number of fused-ring (bicyclic) bond motifs is 1. The van der Waals surface area contributed by atoms with Crippen molar-refractivity contribution in [1.82, 2.24) is 4.98 Å². The van der Waals surface area contributed by atoms with Gasteiger partial charge in [0.1, 0.15) is 11.3 Å². The summed E-state index contributed by atoms with van der Waals surface area (Å²) in [6.07, 6.45) is 0. The minimum absolute atomic E-state index is 0.0853. The summed E-state index contributed by atoms with van der Waals surface area (Å²) in [4.78, 5) is 16.9. The van der Waals surface area contributed by atoms with Crippen LogP contribution in [0.4, 0.5) is 5.69 Å². The van der Waals surface area contributed by atoms with Gasteiger partial charge in [-0.05, 0) is 67.4 Å². The summed E-state index contributed by atoms with van der Waals surface area (Å²) in [5.74, 6) is 2.10. The summed E-state index contributed by atoms with van der Waals surface area (Å²) in [5, 5.41) is 2.84. The van der Waals surface area contributed by atoms with Crippen molar-refractivity contribution in [2.45, 2.75) is 13.8 Å². The summed E-state index contributed by atoms with van der Waals surface area (Å²) < 4.78 is 22.2. The average molecular weight is 432 g/mol. The van der Waals surface area contributed by atoms with Crippen LogP contribution in [0.2, 0.25) is 0 Å². The average Bonchev–Trinajstić information content (AvgIpc) is 3.23. The number of oxazole rings is 1. The van der Waals surface area contributed by atoms with Gasteiger partial charge in [-0.15, -0.1) is 0 Å². The highest BCUT2D eigenvalue weighted by molar-refractivity contribution is 5.94. The number of hydrogen-bond acceptors (Lipinski definition) is 6. The first-order chi connectivity index (χ1) is 15.5. The van der Waals surface area contributed by atoms with E-state index < -0.39 is 0 Å². The van der Waals surface area contributed by atoms with E-state index in [4.69, 9.17) is 18.6 Å². The van der Waals surface area contributed by atoms with Crippen molar-refractivity contribution in [3.63, 3.8) is 0 Å². The second-order valence-electron chi connectivity index (χ2n) is 7.31. The molecule has 0 atom stereocenters. The van der Waals surface area contributed by atoms with Crippen LogP contribution < -0.4 is 19.5 Å². The Hall–Kier alpha value is -4.00. The van der Waals surface area contributed by atoms with Crippen LogP contribution in [-0.4, -0.2) is 31.7 Å². The molecule has 4 rings (SSSR count). The van der Waals surface area contributed by atoms with Crippen LogP contribution in [0.25, 0.3) is 22.6 Å². The number of aryl methyl sites for hydroxylation is 1. The van der Waals surface area contributed by atoms with Crippen molar-refractivity contribution in [1.29, 1.82) is 0 Å². The molecular weight excluding hydrogens is 408 g/mol. The number of nitrogens with one attached hydrogen (secondary N) is 1. The maximum Gasteiger partial charge on any atom is 0.262 e. The number of ether oxygens (including phenoxy) is 3. The van der Waals surface area contributed by atoms with Crippen molar-refractivity contribution >= 4 is 22.7 Å². The fraction of sp³-hybridized carbons (Fsp3) is 0.200. The Bertz CT molecular complexity index is 1280. The third kappa shape index (κ3) is 4.37. The summed E-state index contributed by atoms with van der Waals surface area (Å²) in [6, 6.07) is 16.5. The molecular formula is C25H24N2O5. The second kappa shape index (κ2) is 9.01. The van der Waals surface area contributed by atoms with Gasteiger partial charge < -0.3 is 23.9 Å². The van der Waals surface area contributed by atoms with Crippen molar-refractivity contribution in [3.8, 4) is 28.7 Å². The van der Waals surface area contributed by atoms with Crippen LogP contribution in [0.5, 0.6) is 17.2 Å². The fourth-order valence-corrected chi connectivity index (χ4v) is 3.32. The second-order valence-corrected chi connectivity index (χ2v) is 7.31. The van der Waals surface area contributed by atoms with E-state index >= 15 is 0 Å². The van der Waals surface area contributed by atoms with Gasteiger partial charge in [-0.1, -0.05) is 12.1 Å². The van der Waals surface area contributed by atoms with Gasteiger partial charge in [0.15, 0.2) is 23.7 Å². The minimum Gasteiger partial charge on any atom is -0.493 e. The predicted molar refractivity (Wildman–Crippen MR) is 123 cm³/mol. The number of rotatable bonds is 7. The van der Waals surface area contributed by atoms with Crippen molar-refractivity contribution in [2.75, 3.05) is 26.1 Å². The zero-order valence-electron chi connectivity index (χ0n) is 18.4. The molecule has 32 heavy (non-hydrogen) atoms. The SMILES string of the molecule is COc1ccc(-c2nc3cc(NC(=O)COc4cccc(C)c4C)ccc3o2)cc1OC. The number of carbonyl (C=O) groups is 1. The van der Waals surface area contributed by atoms with Gasteiger partial charge in [0.25, 0.3) is 5.91 Å². The molecule has 0 spiro atoms. The van der Waals surface area contributed by atoms with Gasteiger partial charge in [-0.3, -0.25) is 4.79 Å². The Balaban J connectivity index is 1.48. The molecule has 0 saturated heterocycles. The monoisotopic (exact) mass is 432 g/mol. The number of nitrogens with zero attached hydrogens (tertiary/aromatic N) is 1. The molecule has 0 radical (unpaired) electrons. The molecule has 1 amide bonds. The first-order valence-electron chi connectivity index (χ1n) is 10.1. The van der Waals surface area contributed by atoms with Crippen LogP contribution in [0, 0.1) is 13.8 Å². The van der Waals surface area contributed by atoms with Crippen molar-refractivity contribution in [2.24, 2.45) is 0 Å². The number of aromatic nitrogens is 1. The lowest BCUT2D eigenvalue weighted by Crippen LogP contribution is -2.20. The summed E-state index contributed by atoms with van der Waals surface area (Å²) in [6.45, 7) is 3.89. The van der Waals surface area contributed by atoms with Gasteiger partial charge in [0, 0.05) is 11.3 Å². The molecule has 0 unspecified atom stereocenters. The fourth-order valence-electron chi connectivity index (χ4n) is 3.32. The zero-order chi connectivity index (χ0) is 22.7. The predicted octanol–water partition coefficient (Wildman–Crippen LogP) is 5.15. The maximum absolute atomic E-state index is 12.4. The van der Waals surface area contributed by atoms with Crippen molar-refractivity contribution in [3.05, 3.63) is 65.7 Å². The Labute approximate surface area is 185 Å². The molecule has 0 aliphatic carbocycles. The number of carbonyl (C=O) groups excluding carboxylic acids is 1. The highest BCUT2D eigenvalue weighted by Crippen LogP contribution is 2.33. The lowest BCUT2D eigenvalue weighted by atomic mass is 10.1. The van der Waals surface area contributed by atoms with E-state index in [-0.39, 0.29) is 12.5 Å². The van der Waals surface area contributed by atoms with Gasteiger partial charge in [0.2, 0.25) is 5.89 Å². The Morgan fingerprint density at radius 3 is 2.56 bits per heavy atom. The van der Waals surface area contributed by atoms with E-state index in [1.54, 1.807) is 44.6 Å². The highest BCUT2D eigenvalue weighted by atomic mass is 16.5. The summed E-state index contributed by atoms with van der Waals surface area (Å²) in [5.41, 5.74) is 4.74. The van der Waals surface area contributed by atoms with E-state index in [9.17, 15) is 4.79 Å². The Morgan fingerprint density at radius 2 is 1.78 bits per heavy atom. The van der Waals surface area contributed by atoms with Gasteiger partial charge >= 0.3 is 0 Å². The lowest BCUT2D eigenvalue weighted by Gasteiger charge is -2.11. The number of hydrogen-bond donors (Lipinski definition) is 1. The summed E-state index contributed by atoms with van der Waals surface area (Å²) in [7, 11) is 3.16. The molecule has 0 aliphatic heterocycles. The molecule has 4 aromatic rings. The zero-order valence-corrected chi connectivity index (χ0v) is 18.4. The Kier molecular flexibility index (Phi) is 5.98. The molecule has 1 N–H and O–H groups in total. The molecule has 1 aromatic heterocycles. The van der Waals surface area contributed by atoms with E-state index in [2.05, 4.69) is 10.3 Å². The van der Waals surface area contributed by atoms with Crippen LogP contribution in [-0.2, 0) is 4.79 Å². The molecule has 0 saturated carbocycles. The van der Waals surface area contributed by atoms with E-state index in [0.29, 0.717) is 39.9 Å². The molecule has 164 valence electrons. The first-order valence-corrected chi connectivity index (χ1v) is 10.1. The van der Waals surface area contributed by atoms with Gasteiger partial charge in [0.05, 0.1) is 14.2 Å². The highest BCUT2D eigenvalue weighted by Gasteiger charge is 2.13. The molecule has 3 aromatic carbocycles. The quantitative estimate of drug-likeness (QED) is 0.435. The van der Waals surface area contributed by atoms with Crippen LogP contribution in [0.3, 0.4) is 0 Å². The van der Waals surface area contributed by atoms with E-state index in [0.717, 1.165) is 16.7 Å². The first kappa shape index (κ1) is 21.2. The molecule has 0 bridgehead atoms. The molecule has 0 fully saturated rings. The number of anilines is 1. The van der Waals surface area contributed by atoms with Crippen molar-refractivity contribution < 1.29 is 23.4 Å².